The summed E-state index contributed by atoms with van der Waals surface area (Å²) in [5.41, 5.74) is 6.17. The number of aryl methyl sites for hydroxylation is 1. The zero-order valence-electron chi connectivity index (χ0n) is 6.92. The normalized spacial score (nSPS) is 35.7. The molecule has 1 nitrogen and oxygen atoms in total. The SMILES string of the molecule is Cc1ccc(C2(C)CC2N)s1. The maximum Gasteiger partial charge on any atom is 0.0185 e. The Morgan fingerprint density at radius 2 is 2.27 bits per heavy atom. The summed E-state index contributed by atoms with van der Waals surface area (Å²) in [6, 6.07) is 4.80. The highest BCUT2D eigenvalue weighted by molar-refractivity contribution is 7.12. The van der Waals surface area contributed by atoms with Gasteiger partial charge in [0.1, 0.15) is 0 Å². The molecule has 2 rings (SSSR count). The Hall–Kier alpha value is -0.340. The van der Waals surface area contributed by atoms with Gasteiger partial charge in [-0.05, 0) is 25.5 Å². The molecule has 1 aliphatic rings. The predicted molar refractivity (Wildman–Crippen MR) is 49.0 cm³/mol. The molecule has 0 aliphatic heterocycles. The molecule has 2 unspecified atom stereocenters. The maximum absolute atomic E-state index is 5.85. The van der Waals surface area contributed by atoms with E-state index in [0.717, 1.165) is 6.42 Å². The minimum atomic E-state index is 0.318. The summed E-state index contributed by atoms with van der Waals surface area (Å²) in [6.45, 7) is 4.40. The molecule has 2 atom stereocenters. The van der Waals surface area contributed by atoms with Crippen molar-refractivity contribution < 1.29 is 0 Å². The Labute approximate surface area is 71.2 Å². The highest BCUT2D eigenvalue weighted by Gasteiger charge is 2.49. The zero-order chi connectivity index (χ0) is 8.06. The smallest absolute Gasteiger partial charge is 0.0185 e. The van der Waals surface area contributed by atoms with Crippen molar-refractivity contribution in [2.24, 2.45) is 5.73 Å². The van der Waals surface area contributed by atoms with Gasteiger partial charge in [0.2, 0.25) is 0 Å². The Bertz CT molecular complexity index is 279. The van der Waals surface area contributed by atoms with Crippen molar-refractivity contribution in [3.8, 4) is 0 Å². The first-order chi connectivity index (χ1) is 5.13. The Balaban J connectivity index is 2.31. The van der Waals surface area contributed by atoms with Gasteiger partial charge in [-0.25, -0.2) is 0 Å². The van der Waals surface area contributed by atoms with E-state index in [9.17, 15) is 0 Å². The molecular weight excluding hydrogens is 154 g/mol. The van der Waals surface area contributed by atoms with Crippen molar-refractivity contribution in [2.45, 2.75) is 31.7 Å². The fourth-order valence-electron chi connectivity index (χ4n) is 1.42. The van der Waals surface area contributed by atoms with Crippen LogP contribution in [-0.2, 0) is 5.41 Å². The number of hydrogen-bond acceptors (Lipinski definition) is 2. The second kappa shape index (κ2) is 2.08. The molecule has 11 heavy (non-hydrogen) atoms. The van der Waals surface area contributed by atoms with Crippen LogP contribution in [0.3, 0.4) is 0 Å². The summed E-state index contributed by atoms with van der Waals surface area (Å²) < 4.78 is 0. The van der Waals surface area contributed by atoms with E-state index in [1.54, 1.807) is 0 Å². The van der Waals surface area contributed by atoms with Crippen LogP contribution >= 0.6 is 11.3 Å². The van der Waals surface area contributed by atoms with Crippen LogP contribution in [0.2, 0.25) is 0 Å². The molecule has 0 spiro atoms. The third-order valence-corrected chi connectivity index (χ3v) is 3.89. The lowest BCUT2D eigenvalue weighted by Gasteiger charge is -2.04. The van der Waals surface area contributed by atoms with Gasteiger partial charge in [-0.3, -0.25) is 0 Å². The van der Waals surface area contributed by atoms with Crippen LogP contribution in [0.4, 0.5) is 0 Å². The van der Waals surface area contributed by atoms with Gasteiger partial charge in [0.25, 0.3) is 0 Å². The molecule has 1 aliphatic carbocycles. The fourth-order valence-corrected chi connectivity index (χ4v) is 2.51. The van der Waals surface area contributed by atoms with Crippen LogP contribution in [0.25, 0.3) is 0 Å². The van der Waals surface area contributed by atoms with Gasteiger partial charge in [0.05, 0.1) is 0 Å². The Kier molecular flexibility index (Phi) is 1.38. The summed E-state index contributed by atoms with van der Waals surface area (Å²) >= 11 is 1.88. The van der Waals surface area contributed by atoms with Crippen molar-refractivity contribution in [1.82, 2.24) is 0 Å². The summed E-state index contributed by atoms with van der Waals surface area (Å²) in [7, 11) is 0. The van der Waals surface area contributed by atoms with E-state index in [0.29, 0.717) is 11.5 Å². The largest absolute Gasteiger partial charge is 0.327 e. The van der Waals surface area contributed by atoms with Gasteiger partial charge in [-0.1, -0.05) is 6.92 Å². The average Bonchev–Trinajstić information content (AvgIpc) is 2.44. The van der Waals surface area contributed by atoms with E-state index in [1.807, 2.05) is 11.3 Å². The van der Waals surface area contributed by atoms with Crippen LogP contribution in [-0.4, -0.2) is 6.04 Å². The standard InChI is InChI=1S/C9H13NS/c1-6-3-4-8(11-6)9(2)5-7(9)10/h3-4,7H,5,10H2,1-2H3. The van der Waals surface area contributed by atoms with Gasteiger partial charge in [-0.15, -0.1) is 11.3 Å². The van der Waals surface area contributed by atoms with Crippen LogP contribution in [0.5, 0.6) is 0 Å². The molecule has 1 aromatic rings. The van der Waals surface area contributed by atoms with E-state index in [-0.39, 0.29) is 0 Å². The third-order valence-electron chi connectivity index (χ3n) is 2.61. The molecular formula is C9H13NS. The molecule has 1 aromatic heterocycles. The van der Waals surface area contributed by atoms with Crippen LogP contribution in [0.15, 0.2) is 12.1 Å². The zero-order valence-corrected chi connectivity index (χ0v) is 7.74. The first kappa shape index (κ1) is 7.32. The number of hydrogen-bond donors (Lipinski definition) is 1. The molecule has 1 fully saturated rings. The van der Waals surface area contributed by atoms with E-state index >= 15 is 0 Å². The molecule has 0 saturated heterocycles. The van der Waals surface area contributed by atoms with Crippen molar-refractivity contribution in [1.29, 1.82) is 0 Å². The monoisotopic (exact) mass is 167 g/mol. The molecule has 0 amide bonds. The summed E-state index contributed by atoms with van der Waals surface area (Å²) in [5, 5.41) is 0. The minimum Gasteiger partial charge on any atom is -0.327 e. The second-order valence-corrected chi connectivity index (χ2v) is 4.93. The van der Waals surface area contributed by atoms with Crippen molar-refractivity contribution in [3.05, 3.63) is 21.9 Å². The fraction of sp³-hybridized carbons (Fsp3) is 0.556. The van der Waals surface area contributed by atoms with Crippen molar-refractivity contribution in [2.75, 3.05) is 0 Å². The van der Waals surface area contributed by atoms with E-state index < -0.39 is 0 Å². The average molecular weight is 167 g/mol. The molecule has 60 valence electrons. The highest BCUT2D eigenvalue weighted by atomic mass is 32.1. The second-order valence-electron chi connectivity index (χ2n) is 3.64. The first-order valence-electron chi connectivity index (χ1n) is 3.95. The Morgan fingerprint density at radius 3 is 2.64 bits per heavy atom. The minimum absolute atomic E-state index is 0.318. The van der Waals surface area contributed by atoms with Gasteiger partial charge >= 0.3 is 0 Å². The van der Waals surface area contributed by atoms with E-state index in [4.69, 9.17) is 5.73 Å². The molecule has 0 bridgehead atoms. The quantitative estimate of drug-likeness (QED) is 0.680. The lowest BCUT2D eigenvalue weighted by atomic mass is 10.1. The summed E-state index contributed by atoms with van der Waals surface area (Å²) in [6.07, 6.45) is 1.16. The number of nitrogens with two attached hydrogens (primary N) is 1. The van der Waals surface area contributed by atoms with Crippen molar-refractivity contribution in [3.63, 3.8) is 0 Å². The van der Waals surface area contributed by atoms with E-state index in [1.165, 1.54) is 9.75 Å². The maximum atomic E-state index is 5.85. The van der Waals surface area contributed by atoms with Gasteiger partial charge in [-0.2, -0.15) is 0 Å². The molecule has 1 saturated carbocycles. The molecule has 0 aromatic carbocycles. The van der Waals surface area contributed by atoms with Crippen LogP contribution < -0.4 is 5.73 Å². The number of rotatable bonds is 1. The van der Waals surface area contributed by atoms with Crippen LogP contribution in [0, 0.1) is 6.92 Å². The topological polar surface area (TPSA) is 26.0 Å². The first-order valence-corrected chi connectivity index (χ1v) is 4.77. The third kappa shape index (κ3) is 1.01. The van der Waals surface area contributed by atoms with Crippen molar-refractivity contribution >= 4 is 11.3 Å². The van der Waals surface area contributed by atoms with Crippen LogP contribution in [0.1, 0.15) is 23.1 Å². The van der Waals surface area contributed by atoms with E-state index in [2.05, 4.69) is 26.0 Å². The van der Waals surface area contributed by atoms with Gasteiger partial charge in [0, 0.05) is 21.2 Å². The lowest BCUT2D eigenvalue weighted by Crippen LogP contribution is -2.12. The lowest BCUT2D eigenvalue weighted by molar-refractivity contribution is 0.758. The van der Waals surface area contributed by atoms with Gasteiger partial charge in [0.15, 0.2) is 0 Å². The predicted octanol–water partition coefficient (Wildman–Crippen LogP) is 2.05. The molecule has 1 heterocycles. The molecule has 0 radical (unpaired) electrons. The molecule has 2 N–H and O–H groups in total. The summed E-state index contributed by atoms with van der Waals surface area (Å²) in [5.74, 6) is 0. The summed E-state index contributed by atoms with van der Waals surface area (Å²) in [4.78, 5) is 2.85. The van der Waals surface area contributed by atoms with Gasteiger partial charge < -0.3 is 5.73 Å². The number of thiophene rings is 1. The molecule has 2 heteroatoms. The highest BCUT2D eigenvalue weighted by Crippen LogP contribution is 2.48. The Morgan fingerprint density at radius 1 is 1.64 bits per heavy atom.